The molecule has 1 aliphatic rings. The highest BCUT2D eigenvalue weighted by Gasteiger charge is 2.28. The zero-order valence-corrected chi connectivity index (χ0v) is 11.4. The summed E-state index contributed by atoms with van der Waals surface area (Å²) in [5, 5.41) is 0. The van der Waals surface area contributed by atoms with Gasteiger partial charge in [-0.1, -0.05) is 6.07 Å². The van der Waals surface area contributed by atoms with Gasteiger partial charge in [0.2, 0.25) is 0 Å². The third kappa shape index (κ3) is 2.15. The molecule has 2 N–H and O–H groups in total. The van der Waals surface area contributed by atoms with Crippen LogP contribution in [0.5, 0.6) is 0 Å². The number of fused-ring (bicyclic) bond motifs is 1. The van der Waals surface area contributed by atoms with Crippen LogP contribution in [0.1, 0.15) is 44.0 Å². The fraction of sp³-hybridized carbons (Fsp3) is 0.533. The Balaban J connectivity index is 2.01. The lowest BCUT2D eigenvalue weighted by molar-refractivity contribution is 0.517. The first-order valence-corrected chi connectivity index (χ1v) is 6.68. The summed E-state index contributed by atoms with van der Waals surface area (Å²) in [7, 11) is 2.12. The molecule has 0 unspecified atom stereocenters. The monoisotopic (exact) mass is 243 g/mol. The molecule has 0 saturated heterocycles. The normalized spacial score (nSPS) is 16.4. The molecule has 1 saturated carbocycles. The molecule has 1 aromatic heterocycles. The highest BCUT2D eigenvalue weighted by molar-refractivity contribution is 5.77. The van der Waals surface area contributed by atoms with E-state index in [9.17, 15) is 0 Å². The first-order valence-electron chi connectivity index (χ1n) is 6.68. The van der Waals surface area contributed by atoms with Gasteiger partial charge >= 0.3 is 0 Å². The van der Waals surface area contributed by atoms with Gasteiger partial charge in [0.05, 0.1) is 11.0 Å². The minimum atomic E-state index is -0.165. The summed E-state index contributed by atoms with van der Waals surface area (Å²) >= 11 is 0. The van der Waals surface area contributed by atoms with Gasteiger partial charge < -0.3 is 10.3 Å². The number of imidazole rings is 1. The van der Waals surface area contributed by atoms with Crippen molar-refractivity contribution in [1.82, 2.24) is 9.55 Å². The van der Waals surface area contributed by atoms with Crippen LogP contribution in [0.25, 0.3) is 11.0 Å². The standard InChI is InChI=1S/C15H21N3/c1-15(2,16)9-10-4-7-13-12(8-10)17-14(18(13)3)11-5-6-11/h4,7-8,11H,5-6,9,16H2,1-3H3. The predicted molar refractivity (Wildman–Crippen MR) is 74.7 cm³/mol. The van der Waals surface area contributed by atoms with Crippen LogP contribution in [0.2, 0.25) is 0 Å². The summed E-state index contributed by atoms with van der Waals surface area (Å²) in [6.45, 7) is 4.12. The van der Waals surface area contributed by atoms with E-state index in [1.165, 1.54) is 29.7 Å². The molecule has 1 aromatic carbocycles. The van der Waals surface area contributed by atoms with Crippen molar-refractivity contribution in [2.45, 2.75) is 44.6 Å². The average Bonchev–Trinajstić information content (AvgIpc) is 3.03. The predicted octanol–water partition coefficient (Wildman–Crippen LogP) is 2.73. The Labute approximate surface area is 108 Å². The van der Waals surface area contributed by atoms with E-state index in [1.54, 1.807) is 0 Å². The van der Waals surface area contributed by atoms with Crippen LogP contribution >= 0.6 is 0 Å². The van der Waals surface area contributed by atoms with Gasteiger partial charge in [-0.25, -0.2) is 4.98 Å². The molecule has 1 heterocycles. The van der Waals surface area contributed by atoms with Crippen LogP contribution in [-0.4, -0.2) is 15.1 Å². The van der Waals surface area contributed by atoms with E-state index in [0.29, 0.717) is 5.92 Å². The van der Waals surface area contributed by atoms with Crippen LogP contribution in [0.4, 0.5) is 0 Å². The number of benzene rings is 1. The Hall–Kier alpha value is -1.35. The van der Waals surface area contributed by atoms with E-state index in [1.807, 2.05) is 0 Å². The van der Waals surface area contributed by atoms with Crippen molar-refractivity contribution in [3.05, 3.63) is 29.6 Å². The number of nitrogens with zero attached hydrogens (tertiary/aromatic N) is 2. The van der Waals surface area contributed by atoms with E-state index >= 15 is 0 Å². The molecule has 1 fully saturated rings. The smallest absolute Gasteiger partial charge is 0.112 e. The molecular weight excluding hydrogens is 222 g/mol. The van der Waals surface area contributed by atoms with E-state index < -0.39 is 0 Å². The van der Waals surface area contributed by atoms with Crippen LogP contribution in [0.3, 0.4) is 0 Å². The van der Waals surface area contributed by atoms with Crippen molar-refractivity contribution >= 4 is 11.0 Å². The third-order valence-corrected chi connectivity index (χ3v) is 3.58. The van der Waals surface area contributed by atoms with Gasteiger partial charge in [0.25, 0.3) is 0 Å². The Kier molecular flexibility index (Phi) is 2.49. The largest absolute Gasteiger partial charge is 0.331 e. The summed E-state index contributed by atoms with van der Waals surface area (Å²) in [6, 6.07) is 6.54. The van der Waals surface area contributed by atoms with Crippen molar-refractivity contribution in [2.75, 3.05) is 0 Å². The van der Waals surface area contributed by atoms with E-state index in [0.717, 1.165) is 11.9 Å². The van der Waals surface area contributed by atoms with Crippen LogP contribution < -0.4 is 5.73 Å². The second-order valence-corrected chi connectivity index (χ2v) is 6.29. The number of hydrogen-bond donors (Lipinski definition) is 1. The SMILES string of the molecule is Cn1c(C2CC2)nc2cc(CC(C)(C)N)ccc21. The van der Waals surface area contributed by atoms with E-state index in [4.69, 9.17) is 10.7 Å². The molecule has 3 rings (SSSR count). The second-order valence-electron chi connectivity index (χ2n) is 6.29. The fourth-order valence-corrected chi connectivity index (χ4v) is 2.61. The molecule has 0 radical (unpaired) electrons. The molecule has 0 aliphatic heterocycles. The van der Waals surface area contributed by atoms with Gasteiger partial charge in [-0.3, -0.25) is 0 Å². The van der Waals surface area contributed by atoms with E-state index in [-0.39, 0.29) is 5.54 Å². The second kappa shape index (κ2) is 3.82. The zero-order chi connectivity index (χ0) is 12.9. The third-order valence-electron chi connectivity index (χ3n) is 3.58. The Morgan fingerprint density at radius 2 is 2.11 bits per heavy atom. The van der Waals surface area contributed by atoms with Crippen LogP contribution in [-0.2, 0) is 13.5 Å². The zero-order valence-electron chi connectivity index (χ0n) is 11.4. The van der Waals surface area contributed by atoms with Gasteiger partial charge in [-0.2, -0.15) is 0 Å². The Bertz CT molecular complexity index is 586. The molecule has 3 nitrogen and oxygen atoms in total. The molecule has 0 atom stereocenters. The first-order chi connectivity index (χ1) is 8.44. The highest BCUT2D eigenvalue weighted by atomic mass is 15.1. The minimum Gasteiger partial charge on any atom is -0.331 e. The van der Waals surface area contributed by atoms with E-state index in [2.05, 4.69) is 43.7 Å². The molecule has 2 aromatic rings. The summed E-state index contributed by atoms with van der Waals surface area (Å²) in [4.78, 5) is 4.79. The number of rotatable bonds is 3. The molecule has 1 aliphatic carbocycles. The van der Waals surface area contributed by atoms with Gasteiger partial charge in [0.1, 0.15) is 5.82 Å². The van der Waals surface area contributed by atoms with Crippen molar-refractivity contribution in [3.8, 4) is 0 Å². The van der Waals surface area contributed by atoms with Crippen molar-refractivity contribution in [2.24, 2.45) is 12.8 Å². The lowest BCUT2D eigenvalue weighted by Crippen LogP contribution is -2.34. The molecule has 0 amide bonds. The van der Waals surface area contributed by atoms with Crippen molar-refractivity contribution < 1.29 is 0 Å². The summed E-state index contributed by atoms with van der Waals surface area (Å²) in [6.07, 6.45) is 3.47. The Morgan fingerprint density at radius 1 is 1.39 bits per heavy atom. The number of nitrogens with two attached hydrogens (primary N) is 1. The average molecular weight is 243 g/mol. The van der Waals surface area contributed by atoms with Gasteiger partial charge in [-0.05, 0) is 50.8 Å². The maximum atomic E-state index is 6.08. The minimum absolute atomic E-state index is 0.165. The summed E-state index contributed by atoms with van der Waals surface area (Å²) in [5.41, 5.74) is 9.53. The van der Waals surface area contributed by atoms with Gasteiger partial charge in [-0.15, -0.1) is 0 Å². The lowest BCUT2D eigenvalue weighted by atomic mass is 9.96. The quantitative estimate of drug-likeness (QED) is 0.900. The highest BCUT2D eigenvalue weighted by Crippen LogP contribution is 2.40. The van der Waals surface area contributed by atoms with Crippen LogP contribution in [0.15, 0.2) is 18.2 Å². The molecule has 96 valence electrons. The van der Waals surface area contributed by atoms with Crippen molar-refractivity contribution in [1.29, 1.82) is 0 Å². The number of aromatic nitrogens is 2. The van der Waals surface area contributed by atoms with Crippen molar-refractivity contribution in [3.63, 3.8) is 0 Å². The first kappa shape index (κ1) is 11.7. The van der Waals surface area contributed by atoms with Gasteiger partial charge in [0.15, 0.2) is 0 Å². The lowest BCUT2D eigenvalue weighted by Gasteiger charge is -2.18. The fourth-order valence-electron chi connectivity index (χ4n) is 2.61. The molecule has 0 bridgehead atoms. The topological polar surface area (TPSA) is 43.8 Å². The molecule has 0 spiro atoms. The molecule has 18 heavy (non-hydrogen) atoms. The number of aryl methyl sites for hydroxylation is 1. The molecule has 3 heteroatoms. The Morgan fingerprint density at radius 3 is 2.72 bits per heavy atom. The molecular formula is C15H21N3. The maximum Gasteiger partial charge on any atom is 0.112 e. The van der Waals surface area contributed by atoms with Crippen LogP contribution in [0, 0.1) is 0 Å². The summed E-state index contributed by atoms with van der Waals surface area (Å²) in [5.74, 6) is 1.94. The maximum absolute atomic E-state index is 6.08. The number of hydrogen-bond acceptors (Lipinski definition) is 2. The van der Waals surface area contributed by atoms with Gasteiger partial charge in [0, 0.05) is 18.5 Å². The summed E-state index contributed by atoms with van der Waals surface area (Å²) < 4.78 is 2.24.